The second-order valence-electron chi connectivity index (χ2n) is 1.71. The number of carbonyl (C=O) groups is 1. The highest BCUT2D eigenvalue weighted by molar-refractivity contribution is 5.73. The maximum atomic E-state index is 10.3. The maximum absolute atomic E-state index is 10.3. The maximum Gasteiger partial charge on any atom is 0.216 e. The third-order valence-corrected chi connectivity index (χ3v) is 0.830. The lowest BCUT2D eigenvalue weighted by molar-refractivity contribution is -0.118. The van der Waals surface area contributed by atoms with Gasteiger partial charge in [-0.15, -0.1) is 0 Å². The molecule has 0 radical (unpaired) electrons. The Morgan fingerprint density at radius 1 is 1.78 bits per heavy atom. The lowest BCUT2D eigenvalue weighted by atomic mass is 10.4. The zero-order chi connectivity index (χ0) is 7.11. The van der Waals surface area contributed by atoms with Gasteiger partial charge in [0.25, 0.3) is 0 Å². The van der Waals surface area contributed by atoms with Gasteiger partial charge < -0.3 is 10.3 Å². The van der Waals surface area contributed by atoms with Crippen molar-refractivity contribution in [1.82, 2.24) is 5.32 Å². The Morgan fingerprint density at radius 3 is 2.89 bits per heavy atom. The Balaban J connectivity index is 3.01. The van der Waals surface area contributed by atoms with Gasteiger partial charge >= 0.3 is 0 Å². The van der Waals surface area contributed by atoms with Crippen LogP contribution in [0, 0.1) is 0 Å². The minimum atomic E-state index is 0.0134. The summed E-state index contributed by atoms with van der Waals surface area (Å²) in [7, 11) is 1.72. The van der Waals surface area contributed by atoms with Crippen LogP contribution in [0.1, 0.15) is 13.3 Å². The summed E-state index contributed by atoms with van der Waals surface area (Å²) >= 11 is 0. The Hall–Kier alpha value is -0.860. The van der Waals surface area contributed by atoms with Crippen LogP contribution >= 0.6 is 0 Å². The van der Waals surface area contributed by atoms with Crippen molar-refractivity contribution >= 4 is 12.1 Å². The van der Waals surface area contributed by atoms with E-state index in [4.69, 9.17) is 0 Å². The van der Waals surface area contributed by atoms with Crippen molar-refractivity contribution in [3.8, 4) is 0 Å². The first-order valence-electron chi connectivity index (χ1n) is 2.92. The number of nitrogens with one attached hydrogen (secondary N) is 1. The average Bonchev–Trinajstić information content (AvgIpc) is 1.80. The lowest BCUT2D eigenvalue weighted by Crippen LogP contribution is -2.20. The first kappa shape index (κ1) is 8.14. The van der Waals surface area contributed by atoms with Gasteiger partial charge in [0.1, 0.15) is 0 Å². The van der Waals surface area contributed by atoms with Crippen LogP contribution in [0.4, 0.5) is 0 Å². The molecule has 1 amide bonds. The van der Waals surface area contributed by atoms with E-state index in [2.05, 4.69) is 10.3 Å². The lowest BCUT2D eigenvalue weighted by Gasteiger charge is -1.94. The van der Waals surface area contributed by atoms with Gasteiger partial charge in [0.15, 0.2) is 0 Å². The highest BCUT2D eigenvalue weighted by Crippen LogP contribution is 1.69. The molecule has 0 rings (SSSR count). The van der Waals surface area contributed by atoms with E-state index in [9.17, 15) is 4.79 Å². The number of hydrogen-bond acceptors (Lipinski definition) is 2. The third-order valence-electron chi connectivity index (χ3n) is 0.830. The summed E-state index contributed by atoms with van der Waals surface area (Å²) in [4.78, 5) is 14.0. The Kier molecular flexibility index (Phi) is 4.78. The quantitative estimate of drug-likeness (QED) is 0.428. The number of rotatable bonds is 3. The van der Waals surface area contributed by atoms with Gasteiger partial charge in [-0.05, 0) is 6.42 Å². The van der Waals surface area contributed by atoms with E-state index < -0.39 is 0 Å². The molecule has 0 aliphatic heterocycles. The molecule has 0 aliphatic carbocycles. The SMILES string of the molecule is CN=CCCNC(C)=O. The average molecular weight is 128 g/mol. The van der Waals surface area contributed by atoms with Crippen LogP contribution in [0.2, 0.25) is 0 Å². The molecule has 0 heterocycles. The van der Waals surface area contributed by atoms with Gasteiger partial charge in [0.05, 0.1) is 0 Å². The van der Waals surface area contributed by atoms with E-state index in [1.165, 1.54) is 6.92 Å². The molecule has 9 heavy (non-hydrogen) atoms. The molecule has 0 saturated heterocycles. The van der Waals surface area contributed by atoms with Crippen molar-refractivity contribution in [1.29, 1.82) is 0 Å². The fraction of sp³-hybridized carbons (Fsp3) is 0.667. The van der Waals surface area contributed by atoms with Gasteiger partial charge in [-0.2, -0.15) is 0 Å². The van der Waals surface area contributed by atoms with Crippen LogP contribution in [0.3, 0.4) is 0 Å². The van der Waals surface area contributed by atoms with Crippen molar-refractivity contribution in [2.75, 3.05) is 13.6 Å². The van der Waals surface area contributed by atoms with Crippen LogP contribution in [0.5, 0.6) is 0 Å². The largest absolute Gasteiger partial charge is 0.356 e. The standard InChI is InChI=1S/C6H12N2O/c1-6(9)8-5-3-4-7-2/h4H,3,5H2,1-2H3,(H,8,9). The molecular weight excluding hydrogens is 116 g/mol. The zero-order valence-electron chi connectivity index (χ0n) is 5.85. The minimum Gasteiger partial charge on any atom is -0.356 e. The molecule has 3 heteroatoms. The van der Waals surface area contributed by atoms with Crippen molar-refractivity contribution in [2.24, 2.45) is 4.99 Å². The van der Waals surface area contributed by atoms with Crippen molar-refractivity contribution < 1.29 is 4.79 Å². The molecule has 0 aromatic heterocycles. The van der Waals surface area contributed by atoms with E-state index in [0.717, 1.165) is 6.42 Å². The van der Waals surface area contributed by atoms with Gasteiger partial charge in [0.2, 0.25) is 5.91 Å². The summed E-state index contributed by atoms with van der Waals surface area (Å²) in [5.74, 6) is 0.0134. The van der Waals surface area contributed by atoms with E-state index in [-0.39, 0.29) is 5.91 Å². The Labute approximate surface area is 55.2 Å². The van der Waals surface area contributed by atoms with Crippen LogP contribution in [0.25, 0.3) is 0 Å². The summed E-state index contributed by atoms with van der Waals surface area (Å²) in [6.45, 7) is 2.19. The highest BCUT2D eigenvalue weighted by atomic mass is 16.1. The molecule has 0 atom stereocenters. The summed E-state index contributed by atoms with van der Waals surface area (Å²) in [6, 6.07) is 0. The summed E-state index contributed by atoms with van der Waals surface area (Å²) < 4.78 is 0. The molecule has 52 valence electrons. The molecule has 0 aromatic rings. The van der Waals surface area contributed by atoms with Crippen LogP contribution < -0.4 is 5.32 Å². The zero-order valence-corrected chi connectivity index (χ0v) is 5.85. The second-order valence-corrected chi connectivity index (χ2v) is 1.71. The smallest absolute Gasteiger partial charge is 0.216 e. The molecule has 0 unspecified atom stereocenters. The Bertz CT molecular complexity index is 110. The van der Waals surface area contributed by atoms with E-state index >= 15 is 0 Å². The second kappa shape index (κ2) is 5.28. The first-order chi connectivity index (χ1) is 4.27. The highest BCUT2D eigenvalue weighted by Gasteiger charge is 1.85. The summed E-state index contributed by atoms with van der Waals surface area (Å²) in [5.41, 5.74) is 0. The Morgan fingerprint density at radius 2 is 2.44 bits per heavy atom. The summed E-state index contributed by atoms with van der Waals surface area (Å²) in [5, 5.41) is 2.65. The fourth-order valence-electron chi connectivity index (χ4n) is 0.442. The minimum absolute atomic E-state index is 0.0134. The van der Waals surface area contributed by atoms with Gasteiger partial charge in [0, 0.05) is 26.7 Å². The van der Waals surface area contributed by atoms with Gasteiger partial charge in [-0.25, -0.2) is 0 Å². The molecule has 0 fully saturated rings. The molecule has 0 aromatic carbocycles. The van der Waals surface area contributed by atoms with Crippen LogP contribution in [0.15, 0.2) is 4.99 Å². The normalized spacial score (nSPS) is 10.0. The number of amides is 1. The first-order valence-corrected chi connectivity index (χ1v) is 2.92. The molecule has 0 bridgehead atoms. The molecule has 0 aliphatic rings. The summed E-state index contributed by atoms with van der Waals surface area (Å²) in [6.07, 6.45) is 2.59. The fourth-order valence-corrected chi connectivity index (χ4v) is 0.442. The van der Waals surface area contributed by atoms with E-state index in [1.807, 2.05) is 0 Å². The van der Waals surface area contributed by atoms with Crippen molar-refractivity contribution in [3.63, 3.8) is 0 Å². The van der Waals surface area contributed by atoms with Crippen molar-refractivity contribution in [2.45, 2.75) is 13.3 Å². The number of aliphatic imine (C=N–C) groups is 1. The predicted octanol–water partition coefficient (Wildman–Crippen LogP) is 0.213. The topological polar surface area (TPSA) is 41.5 Å². The molecule has 3 nitrogen and oxygen atoms in total. The predicted molar refractivity (Wildman–Crippen MR) is 37.7 cm³/mol. The molecular formula is C6H12N2O. The van der Waals surface area contributed by atoms with E-state index in [0.29, 0.717) is 6.54 Å². The number of nitrogens with zero attached hydrogens (tertiary/aromatic N) is 1. The monoisotopic (exact) mass is 128 g/mol. The van der Waals surface area contributed by atoms with Gasteiger partial charge in [-0.3, -0.25) is 4.79 Å². The van der Waals surface area contributed by atoms with Gasteiger partial charge in [-0.1, -0.05) is 0 Å². The third kappa shape index (κ3) is 7.14. The molecule has 1 N–H and O–H groups in total. The van der Waals surface area contributed by atoms with Crippen LogP contribution in [-0.2, 0) is 4.79 Å². The molecule has 0 spiro atoms. The number of carbonyl (C=O) groups excluding carboxylic acids is 1. The van der Waals surface area contributed by atoms with Crippen LogP contribution in [-0.4, -0.2) is 25.7 Å². The molecule has 0 saturated carbocycles. The van der Waals surface area contributed by atoms with E-state index in [1.54, 1.807) is 13.3 Å². The van der Waals surface area contributed by atoms with Crippen molar-refractivity contribution in [3.05, 3.63) is 0 Å². The number of hydrogen-bond donors (Lipinski definition) is 1.